The Morgan fingerprint density at radius 2 is 2.26 bits per heavy atom. The molecule has 0 atom stereocenters. The molecule has 1 aromatic heterocycles. The molecule has 0 radical (unpaired) electrons. The number of aliphatic carboxylic acids is 1. The van der Waals surface area contributed by atoms with Crippen molar-refractivity contribution in [2.75, 3.05) is 11.4 Å². The van der Waals surface area contributed by atoms with Crippen LogP contribution < -0.4 is 4.90 Å². The lowest BCUT2D eigenvalue weighted by Gasteiger charge is -2.15. The lowest BCUT2D eigenvalue weighted by molar-refractivity contribution is -0.136. The standard InChI is InChI=1S/C14H14N2O2S/c17-13(18)6-5-11-9-19-14(15-11)16-8-7-10-3-1-2-4-12(10)16/h1-4,9H,5-8H2,(H,17,18). The molecule has 4 nitrogen and oxygen atoms in total. The summed E-state index contributed by atoms with van der Waals surface area (Å²) in [7, 11) is 0. The zero-order valence-corrected chi connectivity index (χ0v) is 11.2. The quantitative estimate of drug-likeness (QED) is 0.931. The lowest BCUT2D eigenvalue weighted by atomic mass is 10.2. The van der Waals surface area contributed by atoms with Crippen molar-refractivity contribution < 1.29 is 9.90 Å². The summed E-state index contributed by atoms with van der Waals surface area (Å²) >= 11 is 1.58. The average Bonchev–Trinajstić information content (AvgIpc) is 3.02. The number of fused-ring (bicyclic) bond motifs is 1. The molecular formula is C14H14N2O2S. The molecule has 2 aromatic rings. The van der Waals surface area contributed by atoms with Crippen LogP contribution in [0.1, 0.15) is 17.7 Å². The SMILES string of the molecule is O=C(O)CCc1csc(N2CCc3ccccc32)n1. The number of para-hydroxylation sites is 1. The number of aryl methyl sites for hydroxylation is 1. The van der Waals surface area contributed by atoms with Crippen LogP contribution in [0.5, 0.6) is 0 Å². The second kappa shape index (κ2) is 5.01. The van der Waals surface area contributed by atoms with Gasteiger partial charge in [-0.1, -0.05) is 18.2 Å². The van der Waals surface area contributed by atoms with Crippen LogP contribution in [0.3, 0.4) is 0 Å². The zero-order chi connectivity index (χ0) is 13.2. The minimum absolute atomic E-state index is 0.139. The van der Waals surface area contributed by atoms with Gasteiger partial charge in [0.2, 0.25) is 0 Å². The number of nitrogens with zero attached hydrogens (tertiary/aromatic N) is 2. The largest absolute Gasteiger partial charge is 0.481 e. The zero-order valence-electron chi connectivity index (χ0n) is 10.4. The van der Waals surface area contributed by atoms with Gasteiger partial charge < -0.3 is 10.0 Å². The molecule has 1 aliphatic rings. The van der Waals surface area contributed by atoms with E-state index in [0.717, 1.165) is 23.8 Å². The summed E-state index contributed by atoms with van der Waals surface area (Å²) in [5, 5.41) is 11.6. The van der Waals surface area contributed by atoms with Crippen LogP contribution in [0.25, 0.3) is 0 Å². The maximum atomic E-state index is 10.6. The van der Waals surface area contributed by atoms with Gasteiger partial charge in [-0.2, -0.15) is 0 Å². The van der Waals surface area contributed by atoms with Gasteiger partial charge in [-0.3, -0.25) is 4.79 Å². The van der Waals surface area contributed by atoms with Gasteiger partial charge in [0, 0.05) is 24.0 Å². The summed E-state index contributed by atoms with van der Waals surface area (Å²) in [5.41, 5.74) is 3.44. The molecule has 19 heavy (non-hydrogen) atoms. The van der Waals surface area contributed by atoms with E-state index in [2.05, 4.69) is 28.1 Å². The summed E-state index contributed by atoms with van der Waals surface area (Å²) in [6.45, 7) is 0.950. The maximum absolute atomic E-state index is 10.6. The number of carboxylic acids is 1. The van der Waals surface area contributed by atoms with Gasteiger partial charge in [0.05, 0.1) is 12.1 Å². The number of thiazole rings is 1. The number of rotatable bonds is 4. The molecule has 2 heterocycles. The van der Waals surface area contributed by atoms with Crippen LogP contribution in [0, 0.1) is 0 Å². The van der Waals surface area contributed by atoms with Gasteiger partial charge in [-0.25, -0.2) is 4.98 Å². The van der Waals surface area contributed by atoms with Crippen LogP contribution in [0.4, 0.5) is 10.8 Å². The molecule has 5 heteroatoms. The predicted molar refractivity (Wildman–Crippen MR) is 75.2 cm³/mol. The molecule has 0 fully saturated rings. The van der Waals surface area contributed by atoms with Crippen LogP contribution in [-0.4, -0.2) is 22.6 Å². The number of carboxylic acid groups (broad SMARTS) is 1. The van der Waals surface area contributed by atoms with Crippen LogP contribution in [-0.2, 0) is 17.6 Å². The highest BCUT2D eigenvalue weighted by Gasteiger charge is 2.22. The summed E-state index contributed by atoms with van der Waals surface area (Å²) in [6.07, 6.45) is 1.68. The molecule has 0 aliphatic carbocycles. The van der Waals surface area contributed by atoms with Gasteiger partial charge in [-0.15, -0.1) is 11.3 Å². The number of aromatic nitrogens is 1. The lowest BCUT2D eigenvalue weighted by Crippen LogP contribution is -2.13. The Bertz CT molecular complexity index is 609. The van der Waals surface area contributed by atoms with Gasteiger partial charge >= 0.3 is 5.97 Å². The summed E-state index contributed by atoms with van der Waals surface area (Å²) < 4.78 is 0. The first kappa shape index (κ1) is 12.2. The van der Waals surface area contributed by atoms with E-state index in [1.165, 1.54) is 11.3 Å². The smallest absolute Gasteiger partial charge is 0.303 e. The topological polar surface area (TPSA) is 53.4 Å². The Morgan fingerprint density at radius 1 is 1.42 bits per heavy atom. The second-order valence-corrected chi connectivity index (χ2v) is 5.38. The number of carbonyl (C=O) groups is 1. The first-order valence-electron chi connectivity index (χ1n) is 6.25. The summed E-state index contributed by atoms with van der Waals surface area (Å²) in [5.74, 6) is -0.777. The van der Waals surface area contributed by atoms with Crippen molar-refractivity contribution in [3.05, 3.63) is 40.9 Å². The Morgan fingerprint density at radius 3 is 3.11 bits per heavy atom. The van der Waals surface area contributed by atoms with Gasteiger partial charge in [-0.05, 0) is 18.1 Å². The molecule has 0 bridgehead atoms. The van der Waals surface area contributed by atoms with E-state index < -0.39 is 5.97 Å². The molecule has 0 saturated carbocycles. The number of hydrogen-bond donors (Lipinski definition) is 1. The molecule has 1 aromatic carbocycles. The summed E-state index contributed by atoms with van der Waals surface area (Å²) in [4.78, 5) is 17.3. The van der Waals surface area contributed by atoms with E-state index in [0.29, 0.717) is 6.42 Å². The van der Waals surface area contributed by atoms with E-state index in [1.54, 1.807) is 11.3 Å². The van der Waals surface area contributed by atoms with E-state index in [4.69, 9.17) is 5.11 Å². The van der Waals surface area contributed by atoms with Crippen molar-refractivity contribution in [1.82, 2.24) is 4.98 Å². The van der Waals surface area contributed by atoms with E-state index in [9.17, 15) is 4.79 Å². The van der Waals surface area contributed by atoms with Crippen LogP contribution in [0.15, 0.2) is 29.6 Å². The third-order valence-electron chi connectivity index (χ3n) is 3.25. The third kappa shape index (κ3) is 2.46. The molecule has 0 saturated heterocycles. The number of benzene rings is 1. The van der Waals surface area contributed by atoms with Crippen LogP contribution in [0.2, 0.25) is 0 Å². The monoisotopic (exact) mass is 274 g/mol. The summed E-state index contributed by atoms with van der Waals surface area (Å²) in [6, 6.07) is 8.35. The van der Waals surface area contributed by atoms with Crippen molar-refractivity contribution in [3.8, 4) is 0 Å². The molecule has 1 N–H and O–H groups in total. The molecule has 0 amide bonds. The minimum atomic E-state index is -0.777. The van der Waals surface area contributed by atoms with Crippen molar-refractivity contribution in [1.29, 1.82) is 0 Å². The van der Waals surface area contributed by atoms with Gasteiger partial charge in [0.15, 0.2) is 5.13 Å². The van der Waals surface area contributed by atoms with E-state index in [-0.39, 0.29) is 6.42 Å². The van der Waals surface area contributed by atoms with Crippen molar-refractivity contribution in [2.45, 2.75) is 19.3 Å². The molecular weight excluding hydrogens is 260 g/mol. The highest BCUT2D eigenvalue weighted by molar-refractivity contribution is 7.13. The Labute approximate surface area is 115 Å². The second-order valence-electron chi connectivity index (χ2n) is 4.55. The third-order valence-corrected chi connectivity index (χ3v) is 4.17. The predicted octanol–water partition coefficient (Wildman–Crippen LogP) is 2.85. The Kier molecular flexibility index (Phi) is 3.21. The fourth-order valence-electron chi connectivity index (χ4n) is 2.31. The molecule has 0 unspecified atom stereocenters. The highest BCUT2D eigenvalue weighted by Crippen LogP contribution is 2.35. The fourth-order valence-corrected chi connectivity index (χ4v) is 3.21. The van der Waals surface area contributed by atoms with Crippen molar-refractivity contribution in [2.24, 2.45) is 0 Å². The molecule has 1 aliphatic heterocycles. The first-order chi connectivity index (χ1) is 9.24. The molecule has 0 spiro atoms. The Hall–Kier alpha value is -1.88. The average molecular weight is 274 g/mol. The van der Waals surface area contributed by atoms with E-state index in [1.807, 2.05) is 11.4 Å². The minimum Gasteiger partial charge on any atom is -0.481 e. The first-order valence-corrected chi connectivity index (χ1v) is 7.13. The van der Waals surface area contributed by atoms with Crippen LogP contribution >= 0.6 is 11.3 Å². The molecule has 3 rings (SSSR count). The van der Waals surface area contributed by atoms with Gasteiger partial charge in [0.25, 0.3) is 0 Å². The number of hydrogen-bond acceptors (Lipinski definition) is 4. The van der Waals surface area contributed by atoms with Crippen molar-refractivity contribution in [3.63, 3.8) is 0 Å². The fraction of sp³-hybridized carbons (Fsp3) is 0.286. The highest BCUT2D eigenvalue weighted by atomic mass is 32.1. The normalized spacial score (nSPS) is 13.6. The van der Waals surface area contributed by atoms with E-state index >= 15 is 0 Å². The van der Waals surface area contributed by atoms with Crippen molar-refractivity contribution >= 4 is 28.1 Å². The molecule has 98 valence electrons. The van der Waals surface area contributed by atoms with Gasteiger partial charge in [0.1, 0.15) is 0 Å². The maximum Gasteiger partial charge on any atom is 0.303 e. The number of anilines is 2. The Balaban J connectivity index is 1.79.